The van der Waals surface area contributed by atoms with E-state index in [0.29, 0.717) is 17.9 Å². The van der Waals surface area contributed by atoms with Crippen molar-refractivity contribution < 1.29 is 19.1 Å². The maximum Gasteiger partial charge on any atom is 0.308 e. The van der Waals surface area contributed by atoms with Crippen LogP contribution in [0.3, 0.4) is 0 Å². The number of rotatable bonds is 4. The Kier molecular flexibility index (Phi) is 4.42. The maximum absolute atomic E-state index is 13.4. The van der Waals surface area contributed by atoms with Gasteiger partial charge < -0.3 is 10.0 Å². The molecule has 1 aromatic carbocycles. The summed E-state index contributed by atoms with van der Waals surface area (Å²) in [5, 5.41) is 8.86. The Balaban J connectivity index is 1.86. The van der Waals surface area contributed by atoms with Crippen LogP contribution in [0.1, 0.15) is 6.42 Å². The van der Waals surface area contributed by atoms with Crippen LogP contribution in [0.4, 0.5) is 4.39 Å². The van der Waals surface area contributed by atoms with Crippen molar-refractivity contribution in [1.29, 1.82) is 0 Å². The first-order valence-corrected chi connectivity index (χ1v) is 6.94. The van der Waals surface area contributed by atoms with Gasteiger partial charge in [-0.25, -0.2) is 4.39 Å². The third-order valence-corrected chi connectivity index (χ3v) is 4.11. The van der Waals surface area contributed by atoms with E-state index in [1.54, 1.807) is 18.2 Å². The number of likely N-dealkylation sites (tertiary alicyclic amines) is 1. The molecular formula is C13H14FNO3S. The van der Waals surface area contributed by atoms with Crippen molar-refractivity contribution in [2.45, 2.75) is 11.3 Å². The van der Waals surface area contributed by atoms with Gasteiger partial charge in [0.15, 0.2) is 0 Å². The molecule has 6 heteroatoms. The molecule has 0 aromatic heterocycles. The Morgan fingerprint density at radius 1 is 1.42 bits per heavy atom. The van der Waals surface area contributed by atoms with Gasteiger partial charge in [-0.2, -0.15) is 0 Å². The number of hydrogen-bond acceptors (Lipinski definition) is 3. The van der Waals surface area contributed by atoms with E-state index in [9.17, 15) is 14.0 Å². The number of thioether (sulfide) groups is 1. The molecule has 1 heterocycles. The van der Waals surface area contributed by atoms with Crippen LogP contribution in [0.2, 0.25) is 0 Å². The zero-order valence-corrected chi connectivity index (χ0v) is 11.0. The van der Waals surface area contributed by atoms with Crippen LogP contribution < -0.4 is 0 Å². The van der Waals surface area contributed by atoms with E-state index in [-0.39, 0.29) is 24.0 Å². The SMILES string of the molecule is O=C(O)C1CCN(C(=O)CSc2ccccc2F)C1. The molecule has 1 amide bonds. The van der Waals surface area contributed by atoms with Gasteiger partial charge in [-0.1, -0.05) is 12.1 Å². The van der Waals surface area contributed by atoms with E-state index in [1.807, 2.05) is 0 Å². The third kappa shape index (κ3) is 3.47. The second kappa shape index (κ2) is 6.06. The Bertz CT molecular complexity index is 495. The van der Waals surface area contributed by atoms with E-state index in [2.05, 4.69) is 0 Å². The van der Waals surface area contributed by atoms with E-state index < -0.39 is 11.9 Å². The van der Waals surface area contributed by atoms with E-state index in [4.69, 9.17) is 5.11 Å². The zero-order chi connectivity index (χ0) is 13.8. The summed E-state index contributed by atoms with van der Waals surface area (Å²) < 4.78 is 13.4. The molecule has 0 spiro atoms. The van der Waals surface area contributed by atoms with E-state index >= 15 is 0 Å². The molecule has 0 saturated carbocycles. The van der Waals surface area contributed by atoms with Gasteiger partial charge in [-0.3, -0.25) is 9.59 Å². The topological polar surface area (TPSA) is 57.6 Å². The first-order valence-electron chi connectivity index (χ1n) is 5.96. The number of aliphatic carboxylic acids is 1. The van der Waals surface area contributed by atoms with Crippen LogP contribution in [0.5, 0.6) is 0 Å². The second-order valence-electron chi connectivity index (χ2n) is 4.38. The van der Waals surface area contributed by atoms with Crippen LogP contribution >= 0.6 is 11.8 Å². The number of hydrogen-bond donors (Lipinski definition) is 1. The molecule has 1 N–H and O–H groups in total. The number of benzene rings is 1. The predicted octanol–water partition coefficient (Wildman–Crippen LogP) is 1.85. The Morgan fingerprint density at radius 2 is 2.16 bits per heavy atom. The molecule has 4 nitrogen and oxygen atoms in total. The summed E-state index contributed by atoms with van der Waals surface area (Å²) in [6.45, 7) is 0.722. The zero-order valence-electron chi connectivity index (χ0n) is 10.2. The van der Waals surface area contributed by atoms with Crippen LogP contribution in [0, 0.1) is 11.7 Å². The molecule has 2 rings (SSSR count). The average Bonchev–Trinajstić information content (AvgIpc) is 2.87. The normalized spacial score (nSPS) is 18.6. The van der Waals surface area contributed by atoms with Crippen molar-refractivity contribution in [3.8, 4) is 0 Å². The van der Waals surface area contributed by atoms with Crippen molar-refractivity contribution in [2.75, 3.05) is 18.8 Å². The lowest BCUT2D eigenvalue weighted by molar-refractivity contribution is -0.141. The molecule has 0 bridgehead atoms. The van der Waals surface area contributed by atoms with Crippen LogP contribution in [0.15, 0.2) is 29.2 Å². The Morgan fingerprint density at radius 3 is 2.79 bits per heavy atom. The van der Waals surface area contributed by atoms with E-state index in [0.717, 1.165) is 11.8 Å². The second-order valence-corrected chi connectivity index (χ2v) is 5.40. The largest absolute Gasteiger partial charge is 0.481 e. The van der Waals surface area contributed by atoms with Gasteiger partial charge in [0.25, 0.3) is 0 Å². The molecule has 1 aliphatic rings. The summed E-state index contributed by atoms with van der Waals surface area (Å²) in [6, 6.07) is 6.28. The lowest BCUT2D eigenvalue weighted by Crippen LogP contribution is -2.31. The molecule has 1 atom stereocenters. The molecule has 0 aliphatic carbocycles. The summed E-state index contributed by atoms with van der Waals surface area (Å²) in [5.41, 5.74) is 0. The van der Waals surface area contributed by atoms with Crippen molar-refractivity contribution in [1.82, 2.24) is 4.90 Å². The number of carboxylic acid groups (broad SMARTS) is 1. The lowest BCUT2D eigenvalue weighted by Gasteiger charge is -2.15. The highest BCUT2D eigenvalue weighted by atomic mass is 32.2. The van der Waals surface area contributed by atoms with Crippen LogP contribution in [-0.4, -0.2) is 40.7 Å². The number of carboxylic acids is 1. The minimum absolute atomic E-state index is 0.132. The number of carbonyl (C=O) groups is 2. The quantitative estimate of drug-likeness (QED) is 0.857. The van der Waals surface area contributed by atoms with Gasteiger partial charge >= 0.3 is 5.97 Å². The summed E-state index contributed by atoms with van der Waals surface area (Å²) in [4.78, 5) is 24.7. The van der Waals surface area contributed by atoms with Crippen molar-refractivity contribution in [3.63, 3.8) is 0 Å². The van der Waals surface area contributed by atoms with Gasteiger partial charge in [-0.15, -0.1) is 11.8 Å². The van der Waals surface area contributed by atoms with Gasteiger partial charge in [0.1, 0.15) is 5.82 Å². The summed E-state index contributed by atoms with van der Waals surface area (Å²) in [6.07, 6.45) is 0.492. The fourth-order valence-corrected chi connectivity index (χ4v) is 2.82. The molecule has 1 aromatic rings. The molecular weight excluding hydrogens is 269 g/mol. The van der Waals surface area contributed by atoms with Crippen molar-refractivity contribution >= 4 is 23.6 Å². The smallest absolute Gasteiger partial charge is 0.308 e. The number of nitrogens with zero attached hydrogens (tertiary/aromatic N) is 1. The Labute approximate surface area is 114 Å². The molecule has 1 aliphatic heterocycles. The van der Waals surface area contributed by atoms with Gasteiger partial charge in [0.2, 0.25) is 5.91 Å². The summed E-state index contributed by atoms with van der Waals surface area (Å²) in [5.74, 6) is -1.69. The van der Waals surface area contributed by atoms with Gasteiger partial charge in [-0.05, 0) is 18.6 Å². The maximum atomic E-state index is 13.4. The number of halogens is 1. The van der Waals surface area contributed by atoms with E-state index in [1.165, 1.54) is 11.0 Å². The first-order chi connectivity index (χ1) is 9.08. The fourth-order valence-electron chi connectivity index (χ4n) is 1.98. The van der Waals surface area contributed by atoms with Crippen LogP contribution in [0.25, 0.3) is 0 Å². The highest BCUT2D eigenvalue weighted by molar-refractivity contribution is 8.00. The summed E-state index contributed by atoms with van der Waals surface area (Å²) in [7, 11) is 0. The highest BCUT2D eigenvalue weighted by Gasteiger charge is 2.30. The molecule has 0 radical (unpaired) electrons. The number of amides is 1. The third-order valence-electron chi connectivity index (χ3n) is 3.08. The molecule has 102 valence electrons. The Hall–Kier alpha value is -1.56. The van der Waals surface area contributed by atoms with Crippen molar-refractivity contribution in [3.05, 3.63) is 30.1 Å². The molecule has 1 saturated heterocycles. The van der Waals surface area contributed by atoms with Crippen LogP contribution in [-0.2, 0) is 9.59 Å². The molecule has 19 heavy (non-hydrogen) atoms. The molecule has 1 unspecified atom stereocenters. The predicted molar refractivity (Wildman–Crippen MR) is 69.4 cm³/mol. The lowest BCUT2D eigenvalue weighted by atomic mass is 10.1. The standard InChI is InChI=1S/C13H14FNO3S/c14-10-3-1-2-4-11(10)19-8-12(16)15-6-5-9(7-15)13(17)18/h1-4,9H,5-8H2,(H,17,18). The molecule has 1 fully saturated rings. The first kappa shape index (κ1) is 13.9. The number of carbonyl (C=O) groups excluding carboxylic acids is 1. The van der Waals surface area contributed by atoms with Gasteiger partial charge in [0.05, 0.1) is 11.7 Å². The fraction of sp³-hybridized carbons (Fsp3) is 0.385. The monoisotopic (exact) mass is 283 g/mol. The minimum Gasteiger partial charge on any atom is -0.481 e. The van der Waals surface area contributed by atoms with Gasteiger partial charge in [0, 0.05) is 18.0 Å². The van der Waals surface area contributed by atoms with Crippen molar-refractivity contribution in [2.24, 2.45) is 5.92 Å². The minimum atomic E-state index is -0.864. The average molecular weight is 283 g/mol. The highest BCUT2D eigenvalue weighted by Crippen LogP contribution is 2.23. The summed E-state index contributed by atoms with van der Waals surface area (Å²) >= 11 is 1.14.